The first kappa shape index (κ1) is 17.8. The van der Waals surface area contributed by atoms with Crippen LogP contribution in [0, 0.1) is 0 Å². The van der Waals surface area contributed by atoms with Crippen molar-refractivity contribution in [2.75, 3.05) is 6.61 Å². The summed E-state index contributed by atoms with van der Waals surface area (Å²) in [7, 11) is 0. The Morgan fingerprint density at radius 1 is 1.24 bits per heavy atom. The van der Waals surface area contributed by atoms with Crippen LogP contribution >= 0.6 is 23.2 Å². The number of nitrogens with zero attached hydrogens (tertiary/aromatic N) is 3. The van der Waals surface area contributed by atoms with Gasteiger partial charge in [0.25, 0.3) is 5.56 Å². The Balaban J connectivity index is 1.69. The number of aliphatic hydroxyl groups excluding tert-OH is 1. The molecule has 0 amide bonds. The Morgan fingerprint density at radius 2 is 2.04 bits per heavy atom. The predicted octanol–water partition coefficient (Wildman–Crippen LogP) is 2.25. The number of hydrogen-bond donors (Lipinski definition) is 2. The highest BCUT2D eigenvalue weighted by Gasteiger charge is 2.13. The third-order valence-electron chi connectivity index (χ3n) is 3.80. The molecule has 0 aliphatic rings. The molecule has 2 heterocycles. The predicted molar refractivity (Wildman–Crippen MR) is 98.0 cm³/mol. The molecule has 0 aliphatic carbocycles. The Bertz CT molecular complexity index is 945. The van der Waals surface area contributed by atoms with E-state index < -0.39 is 5.56 Å². The topological polar surface area (TPSA) is 80.0 Å². The molecule has 0 saturated heterocycles. The van der Waals surface area contributed by atoms with Crippen molar-refractivity contribution in [2.45, 2.75) is 19.1 Å². The van der Waals surface area contributed by atoms with Gasteiger partial charge in [0.15, 0.2) is 0 Å². The number of fused-ring (bicyclic) bond motifs is 1. The van der Waals surface area contributed by atoms with Gasteiger partial charge in [-0.05, 0) is 17.7 Å². The van der Waals surface area contributed by atoms with Gasteiger partial charge in [-0.25, -0.2) is 4.68 Å². The molecule has 0 saturated carbocycles. The number of aliphatic hydroxyl groups is 1. The lowest BCUT2D eigenvalue weighted by Gasteiger charge is -2.17. The van der Waals surface area contributed by atoms with Gasteiger partial charge < -0.3 is 10.4 Å². The fourth-order valence-electron chi connectivity index (χ4n) is 2.45. The molecule has 0 fully saturated rings. The first-order valence-electron chi connectivity index (χ1n) is 7.67. The minimum absolute atomic E-state index is 0.0768. The number of rotatable bonds is 6. The molecular formula is C17H16Cl2N4O2. The molecule has 0 spiro atoms. The minimum atomic E-state index is -0.484. The summed E-state index contributed by atoms with van der Waals surface area (Å²) in [6, 6.07) is 9.51. The van der Waals surface area contributed by atoms with E-state index in [4.69, 9.17) is 23.2 Å². The van der Waals surface area contributed by atoms with Crippen LogP contribution in [-0.4, -0.2) is 32.5 Å². The number of para-hydroxylation sites is 1. The average Bonchev–Trinajstić information content (AvgIpc) is 2.64. The molecule has 0 aliphatic heterocycles. The van der Waals surface area contributed by atoms with Crippen molar-refractivity contribution in [3.63, 3.8) is 0 Å². The zero-order chi connectivity index (χ0) is 17.8. The lowest BCUT2D eigenvalue weighted by atomic mass is 10.1. The summed E-state index contributed by atoms with van der Waals surface area (Å²) in [5.74, 6) is 0. The quantitative estimate of drug-likeness (QED) is 0.687. The van der Waals surface area contributed by atoms with E-state index in [1.165, 1.54) is 10.9 Å². The number of aromatic nitrogens is 3. The highest BCUT2D eigenvalue weighted by atomic mass is 35.5. The van der Waals surface area contributed by atoms with Crippen molar-refractivity contribution in [1.82, 2.24) is 20.1 Å². The largest absolute Gasteiger partial charge is 0.395 e. The van der Waals surface area contributed by atoms with E-state index in [-0.39, 0.29) is 29.2 Å². The van der Waals surface area contributed by atoms with Crippen molar-refractivity contribution in [3.8, 4) is 0 Å². The maximum atomic E-state index is 12.0. The number of nitrogens with one attached hydrogen (secondary N) is 1. The van der Waals surface area contributed by atoms with E-state index in [2.05, 4.69) is 15.4 Å². The fraction of sp³-hybridized carbons (Fsp3) is 0.235. The van der Waals surface area contributed by atoms with Gasteiger partial charge in [-0.3, -0.25) is 9.78 Å². The summed E-state index contributed by atoms with van der Waals surface area (Å²) in [5, 5.41) is 17.8. The summed E-state index contributed by atoms with van der Waals surface area (Å²) < 4.78 is 1.18. The molecule has 25 heavy (non-hydrogen) atoms. The van der Waals surface area contributed by atoms with E-state index >= 15 is 0 Å². The summed E-state index contributed by atoms with van der Waals surface area (Å²) >= 11 is 11.6. The first-order valence-corrected chi connectivity index (χ1v) is 8.43. The van der Waals surface area contributed by atoms with Gasteiger partial charge in [0, 0.05) is 18.1 Å². The maximum absolute atomic E-state index is 12.0. The summed E-state index contributed by atoms with van der Waals surface area (Å²) in [4.78, 5) is 16.4. The van der Waals surface area contributed by atoms with Crippen LogP contribution < -0.4 is 10.9 Å². The van der Waals surface area contributed by atoms with Crippen molar-refractivity contribution in [2.24, 2.45) is 0 Å². The Kier molecular flexibility index (Phi) is 5.65. The summed E-state index contributed by atoms with van der Waals surface area (Å²) in [5.41, 5.74) is 1.42. The van der Waals surface area contributed by atoms with Crippen molar-refractivity contribution in [3.05, 3.63) is 68.7 Å². The highest BCUT2D eigenvalue weighted by molar-refractivity contribution is 6.41. The van der Waals surface area contributed by atoms with E-state index in [1.807, 2.05) is 30.3 Å². The fourth-order valence-corrected chi connectivity index (χ4v) is 2.72. The van der Waals surface area contributed by atoms with E-state index in [0.717, 1.165) is 16.5 Å². The van der Waals surface area contributed by atoms with Gasteiger partial charge in [0.05, 0.1) is 35.9 Å². The molecule has 8 heteroatoms. The third kappa shape index (κ3) is 4.16. The van der Waals surface area contributed by atoms with E-state index in [0.29, 0.717) is 6.54 Å². The van der Waals surface area contributed by atoms with Crippen molar-refractivity contribution in [1.29, 1.82) is 0 Å². The molecule has 3 aromatic rings. The van der Waals surface area contributed by atoms with Gasteiger partial charge >= 0.3 is 0 Å². The molecule has 1 unspecified atom stereocenters. The van der Waals surface area contributed by atoms with Gasteiger partial charge in [0.1, 0.15) is 5.02 Å². The molecule has 3 rings (SSSR count). The molecular weight excluding hydrogens is 363 g/mol. The van der Waals surface area contributed by atoms with Gasteiger partial charge in [0.2, 0.25) is 0 Å². The van der Waals surface area contributed by atoms with Crippen LogP contribution in [0.5, 0.6) is 0 Å². The van der Waals surface area contributed by atoms with E-state index in [9.17, 15) is 9.90 Å². The van der Waals surface area contributed by atoms with Gasteiger partial charge in [-0.1, -0.05) is 41.4 Å². The zero-order valence-corrected chi connectivity index (χ0v) is 14.7. The van der Waals surface area contributed by atoms with Crippen LogP contribution in [0.3, 0.4) is 0 Å². The van der Waals surface area contributed by atoms with Crippen LogP contribution in [-0.2, 0) is 13.1 Å². The second-order valence-electron chi connectivity index (χ2n) is 5.59. The van der Waals surface area contributed by atoms with Gasteiger partial charge in [-0.2, -0.15) is 5.10 Å². The van der Waals surface area contributed by atoms with Crippen LogP contribution in [0.4, 0.5) is 0 Å². The summed E-state index contributed by atoms with van der Waals surface area (Å²) in [6.07, 6.45) is 3.10. The molecule has 130 valence electrons. The smallest absolute Gasteiger partial charge is 0.287 e. The Hall–Kier alpha value is -1.99. The van der Waals surface area contributed by atoms with Crippen molar-refractivity contribution < 1.29 is 5.11 Å². The Labute approximate surface area is 154 Å². The second kappa shape index (κ2) is 7.93. The number of benzene rings is 1. The third-order valence-corrected chi connectivity index (χ3v) is 4.55. The normalized spacial score (nSPS) is 12.4. The number of hydrogen-bond acceptors (Lipinski definition) is 5. The molecule has 2 aromatic heterocycles. The lowest BCUT2D eigenvalue weighted by molar-refractivity contribution is 0.222. The van der Waals surface area contributed by atoms with Crippen molar-refractivity contribution >= 4 is 34.1 Å². The molecule has 1 aromatic carbocycles. The highest BCUT2D eigenvalue weighted by Crippen LogP contribution is 2.15. The molecule has 6 nitrogen and oxygen atoms in total. The number of halogens is 2. The summed E-state index contributed by atoms with van der Waals surface area (Å²) in [6.45, 7) is 0.516. The molecule has 0 radical (unpaired) electrons. The maximum Gasteiger partial charge on any atom is 0.287 e. The minimum Gasteiger partial charge on any atom is -0.395 e. The second-order valence-corrected chi connectivity index (χ2v) is 6.38. The lowest BCUT2D eigenvalue weighted by Crippen LogP contribution is -2.39. The molecule has 1 atom stereocenters. The van der Waals surface area contributed by atoms with Crippen LogP contribution in [0.1, 0.15) is 5.56 Å². The van der Waals surface area contributed by atoms with Gasteiger partial charge in [-0.15, -0.1) is 0 Å². The Morgan fingerprint density at radius 3 is 2.84 bits per heavy atom. The van der Waals surface area contributed by atoms with E-state index in [1.54, 1.807) is 6.20 Å². The zero-order valence-electron chi connectivity index (χ0n) is 13.2. The van der Waals surface area contributed by atoms with Crippen LogP contribution in [0.15, 0.2) is 47.5 Å². The SMILES string of the molecule is O=c1c(Cl)c(Cl)cnn1CC(CO)NCc1cnc2ccccc2c1. The monoisotopic (exact) mass is 378 g/mol. The average molecular weight is 379 g/mol. The van der Waals surface area contributed by atoms with Crippen LogP contribution in [0.25, 0.3) is 10.9 Å². The molecule has 0 bridgehead atoms. The standard InChI is InChI=1S/C17H16Cl2N4O2/c18-14-8-22-23(17(25)16(14)19)9-13(10-24)20-6-11-5-12-3-1-2-4-15(12)21-7-11/h1-5,7-8,13,20,24H,6,9-10H2. The molecule has 2 N–H and O–H groups in total. The number of pyridine rings is 1. The van der Waals surface area contributed by atoms with Crippen LogP contribution in [0.2, 0.25) is 10.0 Å². The first-order chi connectivity index (χ1) is 12.1.